The molecular weight excluding hydrogens is 382 g/mol. The molecule has 0 atom stereocenters. The first-order valence-electron chi connectivity index (χ1n) is 7.79. The van der Waals surface area contributed by atoms with E-state index >= 15 is 0 Å². The Labute approximate surface area is 154 Å². The molecule has 0 aliphatic rings. The highest BCUT2D eigenvalue weighted by atomic mass is 32.2. The van der Waals surface area contributed by atoms with Crippen molar-refractivity contribution >= 4 is 26.1 Å². The third-order valence-corrected chi connectivity index (χ3v) is 5.48. The van der Waals surface area contributed by atoms with Crippen molar-refractivity contribution in [3.8, 4) is 0 Å². The molecule has 0 radical (unpaired) electrons. The van der Waals surface area contributed by atoms with E-state index in [1.807, 2.05) is 0 Å². The molecule has 0 heterocycles. The van der Waals surface area contributed by atoms with E-state index in [4.69, 9.17) is 9.88 Å². The molecule has 0 aliphatic heterocycles. The van der Waals surface area contributed by atoms with Crippen LogP contribution in [0.1, 0.15) is 27.2 Å². The van der Waals surface area contributed by atoms with E-state index < -0.39 is 31.7 Å². The van der Waals surface area contributed by atoms with Gasteiger partial charge in [-0.3, -0.25) is 0 Å². The summed E-state index contributed by atoms with van der Waals surface area (Å²) < 4.78 is 54.6. The zero-order chi connectivity index (χ0) is 20.2. The third kappa shape index (κ3) is 7.28. The number of carbonyl (C=O) groups is 1. The largest absolute Gasteiger partial charge is 0.444 e. The smallest absolute Gasteiger partial charge is 0.410 e. The second-order valence-electron chi connectivity index (χ2n) is 6.67. The van der Waals surface area contributed by atoms with E-state index in [9.17, 15) is 21.6 Å². The van der Waals surface area contributed by atoms with Crippen molar-refractivity contribution in [1.82, 2.24) is 9.62 Å². The summed E-state index contributed by atoms with van der Waals surface area (Å²) in [4.78, 5) is 12.7. The summed E-state index contributed by atoms with van der Waals surface area (Å²) in [6.45, 7) is 5.61. The molecule has 9 nitrogen and oxygen atoms in total. The van der Waals surface area contributed by atoms with E-state index in [-0.39, 0.29) is 22.9 Å². The number of sulfonamides is 2. The first-order chi connectivity index (χ1) is 11.7. The molecule has 148 valence electrons. The minimum atomic E-state index is -4.00. The normalized spacial score (nSPS) is 12.7. The maximum atomic E-state index is 12.2. The lowest BCUT2D eigenvalue weighted by Gasteiger charge is -2.24. The van der Waals surface area contributed by atoms with Gasteiger partial charge in [-0.15, -0.1) is 0 Å². The number of hydrogen-bond donors (Lipinski definition) is 2. The quantitative estimate of drug-likeness (QED) is 0.644. The molecule has 0 aromatic heterocycles. The standard InChI is InChI=1S/C15H25N3O6S2/c1-15(2,3)24-14(19)18(4)10-6-9-17-26(22,23)13-8-5-7-12(11-13)25(16,20)21/h5,7-8,11,17H,6,9-10H2,1-4H3,(H2,16,20,21). The molecular formula is C15H25N3O6S2. The Morgan fingerprint density at radius 1 is 1.19 bits per heavy atom. The highest BCUT2D eigenvalue weighted by Crippen LogP contribution is 2.14. The van der Waals surface area contributed by atoms with Crippen LogP contribution in [-0.4, -0.2) is 53.6 Å². The van der Waals surface area contributed by atoms with Gasteiger partial charge in [0.2, 0.25) is 20.0 Å². The van der Waals surface area contributed by atoms with Crippen LogP contribution in [0.2, 0.25) is 0 Å². The number of rotatable bonds is 7. The number of nitrogens with one attached hydrogen (secondary N) is 1. The summed E-state index contributed by atoms with van der Waals surface area (Å²) in [7, 11) is -6.34. The molecule has 1 rings (SSSR count). The number of hydrogen-bond acceptors (Lipinski definition) is 6. The minimum Gasteiger partial charge on any atom is -0.444 e. The van der Waals surface area contributed by atoms with Crippen molar-refractivity contribution in [3.05, 3.63) is 24.3 Å². The van der Waals surface area contributed by atoms with E-state index in [1.54, 1.807) is 27.8 Å². The van der Waals surface area contributed by atoms with Crippen LogP contribution in [0, 0.1) is 0 Å². The van der Waals surface area contributed by atoms with Crippen molar-refractivity contribution in [2.24, 2.45) is 5.14 Å². The summed E-state index contributed by atoms with van der Waals surface area (Å²) in [6.07, 6.45) is -0.148. The van der Waals surface area contributed by atoms with Gasteiger partial charge in [0.25, 0.3) is 0 Å². The zero-order valence-corrected chi connectivity index (χ0v) is 16.9. The molecule has 1 amide bonds. The molecule has 1 aromatic carbocycles. The molecule has 0 saturated heterocycles. The van der Waals surface area contributed by atoms with Crippen LogP contribution in [-0.2, 0) is 24.8 Å². The lowest BCUT2D eigenvalue weighted by atomic mass is 10.2. The van der Waals surface area contributed by atoms with E-state index in [0.29, 0.717) is 6.42 Å². The second-order valence-corrected chi connectivity index (χ2v) is 10.0. The number of nitrogens with zero attached hydrogens (tertiary/aromatic N) is 1. The third-order valence-electron chi connectivity index (χ3n) is 3.11. The molecule has 26 heavy (non-hydrogen) atoms. The number of amides is 1. The van der Waals surface area contributed by atoms with Gasteiger partial charge in [0.15, 0.2) is 0 Å². The van der Waals surface area contributed by atoms with Crippen LogP contribution in [0.4, 0.5) is 4.79 Å². The fraction of sp³-hybridized carbons (Fsp3) is 0.533. The molecule has 1 aromatic rings. The predicted molar refractivity (Wildman–Crippen MR) is 96.5 cm³/mol. The van der Waals surface area contributed by atoms with Gasteiger partial charge in [-0.05, 0) is 45.4 Å². The molecule has 11 heteroatoms. The monoisotopic (exact) mass is 407 g/mol. The van der Waals surface area contributed by atoms with Gasteiger partial charge in [0.1, 0.15) is 5.60 Å². The summed E-state index contributed by atoms with van der Waals surface area (Å²) in [5, 5.41) is 5.00. The molecule has 0 bridgehead atoms. The predicted octanol–water partition coefficient (Wildman–Crippen LogP) is 0.869. The van der Waals surface area contributed by atoms with Crippen LogP contribution >= 0.6 is 0 Å². The van der Waals surface area contributed by atoms with Gasteiger partial charge in [-0.1, -0.05) is 6.07 Å². The van der Waals surface area contributed by atoms with Crippen LogP contribution < -0.4 is 9.86 Å². The average molecular weight is 408 g/mol. The highest BCUT2D eigenvalue weighted by molar-refractivity contribution is 7.90. The van der Waals surface area contributed by atoms with Crippen LogP contribution in [0.25, 0.3) is 0 Å². The zero-order valence-electron chi connectivity index (χ0n) is 15.2. The Morgan fingerprint density at radius 2 is 1.77 bits per heavy atom. The number of ether oxygens (including phenoxy) is 1. The van der Waals surface area contributed by atoms with Gasteiger partial charge in [0, 0.05) is 20.1 Å². The van der Waals surface area contributed by atoms with Crippen molar-refractivity contribution in [2.75, 3.05) is 20.1 Å². The lowest BCUT2D eigenvalue weighted by Crippen LogP contribution is -2.36. The Bertz CT molecular complexity index is 844. The first-order valence-corrected chi connectivity index (χ1v) is 10.8. The van der Waals surface area contributed by atoms with E-state index in [2.05, 4.69) is 4.72 Å². The number of nitrogens with two attached hydrogens (primary N) is 1. The molecule has 0 fully saturated rings. The molecule has 0 aliphatic carbocycles. The fourth-order valence-electron chi connectivity index (χ4n) is 1.86. The first kappa shape index (κ1) is 22.4. The van der Waals surface area contributed by atoms with Gasteiger partial charge >= 0.3 is 6.09 Å². The molecule has 3 N–H and O–H groups in total. The maximum absolute atomic E-state index is 12.2. The van der Waals surface area contributed by atoms with Crippen molar-refractivity contribution < 1.29 is 26.4 Å². The average Bonchev–Trinajstić information content (AvgIpc) is 2.49. The van der Waals surface area contributed by atoms with E-state index in [0.717, 1.165) is 6.07 Å². The second kappa shape index (κ2) is 8.33. The summed E-state index contributed by atoms with van der Waals surface area (Å²) in [5.41, 5.74) is -0.610. The fourth-order valence-corrected chi connectivity index (χ4v) is 3.61. The number of benzene rings is 1. The van der Waals surface area contributed by atoms with Crippen molar-refractivity contribution in [3.63, 3.8) is 0 Å². The highest BCUT2D eigenvalue weighted by Gasteiger charge is 2.20. The topological polar surface area (TPSA) is 136 Å². The Hall–Kier alpha value is -1.69. The van der Waals surface area contributed by atoms with Crippen molar-refractivity contribution in [1.29, 1.82) is 0 Å². The Morgan fingerprint density at radius 3 is 2.31 bits per heavy atom. The molecule has 0 spiro atoms. The SMILES string of the molecule is CN(CCCNS(=O)(=O)c1cccc(S(N)(=O)=O)c1)C(=O)OC(C)(C)C. The van der Waals surface area contributed by atoms with Crippen LogP contribution in [0.5, 0.6) is 0 Å². The number of carbonyl (C=O) groups excluding carboxylic acids is 1. The van der Waals surface area contributed by atoms with Gasteiger partial charge < -0.3 is 9.64 Å². The van der Waals surface area contributed by atoms with Gasteiger partial charge in [-0.2, -0.15) is 0 Å². The minimum absolute atomic E-state index is 0.0646. The van der Waals surface area contributed by atoms with Crippen LogP contribution in [0.15, 0.2) is 34.1 Å². The summed E-state index contributed by atoms with van der Waals surface area (Å²) >= 11 is 0. The summed E-state index contributed by atoms with van der Waals surface area (Å²) in [6, 6.07) is 4.77. The Balaban J connectivity index is 2.61. The Kier molecular flexibility index (Phi) is 7.17. The number of primary sulfonamides is 1. The lowest BCUT2D eigenvalue weighted by molar-refractivity contribution is 0.0298. The summed E-state index contributed by atoms with van der Waals surface area (Å²) in [5.74, 6) is 0. The van der Waals surface area contributed by atoms with E-state index in [1.165, 1.54) is 23.1 Å². The maximum Gasteiger partial charge on any atom is 0.410 e. The van der Waals surface area contributed by atoms with Gasteiger partial charge in [-0.25, -0.2) is 31.5 Å². The molecule has 0 unspecified atom stereocenters. The van der Waals surface area contributed by atoms with Crippen LogP contribution in [0.3, 0.4) is 0 Å². The molecule has 0 saturated carbocycles. The van der Waals surface area contributed by atoms with Crippen molar-refractivity contribution in [2.45, 2.75) is 42.6 Å². The van der Waals surface area contributed by atoms with Gasteiger partial charge in [0.05, 0.1) is 9.79 Å².